The Morgan fingerprint density at radius 2 is 2.57 bits per heavy atom. The maximum absolute atomic E-state index is 8.07. The Labute approximate surface area is 42.4 Å². The first kappa shape index (κ1) is 5.83. The Morgan fingerprint density at radius 1 is 2.00 bits per heavy atom. The summed E-state index contributed by atoms with van der Waals surface area (Å²) in [5, 5.41) is 10.6. The van der Waals surface area contributed by atoms with Gasteiger partial charge in [0.1, 0.15) is 11.8 Å². The molecule has 0 radical (unpaired) electrons. The number of nitrogens with zero attached hydrogens (tertiary/aromatic N) is 1. The Balaban J connectivity index is 3.68. The second-order valence-corrected chi connectivity index (χ2v) is 0.942. The molecule has 0 aromatic rings. The van der Waals surface area contributed by atoms with E-state index in [0.29, 0.717) is 5.70 Å². The topological polar surface area (TPSA) is 61.8 Å². The molecule has 3 nitrogen and oxygen atoms in total. The van der Waals surface area contributed by atoms with Gasteiger partial charge in [0.25, 0.3) is 0 Å². The van der Waals surface area contributed by atoms with Crippen LogP contribution in [-0.2, 0) is 0 Å². The molecule has 0 unspecified atom stereocenters. The average molecular weight is 97.1 g/mol. The molecule has 0 aliphatic heterocycles. The summed E-state index contributed by atoms with van der Waals surface area (Å²) in [4.78, 5) is 0. The van der Waals surface area contributed by atoms with Gasteiger partial charge in [-0.15, -0.1) is 0 Å². The molecule has 3 N–H and O–H groups in total. The quantitative estimate of drug-likeness (QED) is 0.435. The van der Waals surface area contributed by atoms with Gasteiger partial charge in [-0.1, -0.05) is 0 Å². The second-order valence-electron chi connectivity index (χ2n) is 0.942. The van der Waals surface area contributed by atoms with Crippen LogP contribution in [0.4, 0.5) is 0 Å². The Morgan fingerprint density at radius 3 is 2.57 bits per heavy atom. The highest BCUT2D eigenvalue weighted by Gasteiger charge is 1.80. The maximum atomic E-state index is 8.07. The van der Waals surface area contributed by atoms with Gasteiger partial charge in [-0.25, -0.2) is 0 Å². The Kier molecular flexibility index (Phi) is 2.53. The third-order valence-corrected chi connectivity index (χ3v) is 0.556. The van der Waals surface area contributed by atoms with E-state index in [1.54, 1.807) is 7.05 Å². The van der Waals surface area contributed by atoms with Crippen LogP contribution in [0.15, 0.2) is 11.9 Å². The molecule has 0 aliphatic rings. The van der Waals surface area contributed by atoms with Gasteiger partial charge in [0, 0.05) is 13.2 Å². The lowest BCUT2D eigenvalue weighted by Crippen LogP contribution is -2.04. The van der Waals surface area contributed by atoms with E-state index < -0.39 is 0 Å². The summed E-state index contributed by atoms with van der Waals surface area (Å²) in [6, 6.07) is 1.83. The van der Waals surface area contributed by atoms with Gasteiger partial charge in [-0.2, -0.15) is 5.26 Å². The lowest BCUT2D eigenvalue weighted by Gasteiger charge is -1.87. The number of nitrogens with one attached hydrogen (secondary N) is 1. The summed E-state index contributed by atoms with van der Waals surface area (Å²) in [5.74, 6) is 0. The molecular formula is C4H7N3. The predicted molar refractivity (Wildman–Crippen MR) is 26.9 cm³/mol. The minimum absolute atomic E-state index is 0.389. The SMILES string of the molecule is CN/C(C#N)=C/N. The van der Waals surface area contributed by atoms with E-state index in [4.69, 9.17) is 11.0 Å². The molecule has 0 aromatic carbocycles. The molecule has 0 heterocycles. The predicted octanol–water partition coefficient (Wildman–Crippen LogP) is -0.471. The fraction of sp³-hybridized carbons (Fsp3) is 0.250. The zero-order valence-electron chi connectivity index (χ0n) is 4.10. The molecule has 0 saturated heterocycles. The van der Waals surface area contributed by atoms with Gasteiger partial charge in [-0.05, 0) is 0 Å². The molecular weight excluding hydrogens is 90.1 g/mol. The second kappa shape index (κ2) is 3.04. The van der Waals surface area contributed by atoms with Crippen LogP contribution in [0, 0.1) is 11.3 Å². The lowest BCUT2D eigenvalue weighted by atomic mass is 10.5. The van der Waals surface area contributed by atoms with Gasteiger partial charge >= 0.3 is 0 Å². The van der Waals surface area contributed by atoms with Crippen LogP contribution in [0.2, 0.25) is 0 Å². The summed E-state index contributed by atoms with van der Waals surface area (Å²) in [6.45, 7) is 0. The maximum Gasteiger partial charge on any atom is 0.129 e. The van der Waals surface area contributed by atoms with E-state index in [9.17, 15) is 0 Å². The molecule has 0 aliphatic carbocycles. The van der Waals surface area contributed by atoms with Crippen LogP contribution in [-0.4, -0.2) is 7.05 Å². The normalized spacial score (nSPS) is 10.0. The van der Waals surface area contributed by atoms with Crippen molar-refractivity contribution in [3.8, 4) is 6.07 Å². The monoisotopic (exact) mass is 97.1 g/mol. The van der Waals surface area contributed by atoms with E-state index in [2.05, 4.69) is 5.32 Å². The largest absolute Gasteiger partial charge is 0.402 e. The number of nitriles is 1. The van der Waals surface area contributed by atoms with Crippen LogP contribution in [0.5, 0.6) is 0 Å². The molecule has 0 rings (SSSR count). The molecule has 0 aromatic heterocycles. The van der Waals surface area contributed by atoms with E-state index in [-0.39, 0.29) is 0 Å². The number of nitrogens with two attached hydrogens (primary N) is 1. The van der Waals surface area contributed by atoms with E-state index >= 15 is 0 Å². The van der Waals surface area contributed by atoms with Crippen molar-refractivity contribution < 1.29 is 0 Å². The third-order valence-electron chi connectivity index (χ3n) is 0.556. The van der Waals surface area contributed by atoms with Crippen molar-refractivity contribution in [2.45, 2.75) is 0 Å². The molecule has 0 atom stereocenters. The first-order valence-corrected chi connectivity index (χ1v) is 1.85. The van der Waals surface area contributed by atoms with E-state index in [1.165, 1.54) is 6.20 Å². The smallest absolute Gasteiger partial charge is 0.129 e. The molecule has 3 heteroatoms. The van der Waals surface area contributed by atoms with Crippen LogP contribution < -0.4 is 11.1 Å². The first-order valence-electron chi connectivity index (χ1n) is 1.85. The molecule has 38 valence electrons. The summed E-state index contributed by atoms with van der Waals surface area (Å²) in [6.07, 6.45) is 1.22. The minimum Gasteiger partial charge on any atom is -0.402 e. The highest BCUT2D eigenvalue weighted by molar-refractivity contribution is 5.15. The first-order chi connectivity index (χ1) is 3.35. The van der Waals surface area contributed by atoms with E-state index in [0.717, 1.165) is 0 Å². The standard InChI is InChI=1S/C4H7N3/c1-7-4(2-5)3-6/h2,7H,5H2,1H3/b4-2+. The van der Waals surface area contributed by atoms with Crippen molar-refractivity contribution in [2.24, 2.45) is 5.73 Å². The van der Waals surface area contributed by atoms with Crippen LogP contribution in [0.3, 0.4) is 0 Å². The zero-order chi connectivity index (χ0) is 5.70. The van der Waals surface area contributed by atoms with Crippen molar-refractivity contribution in [3.63, 3.8) is 0 Å². The van der Waals surface area contributed by atoms with Crippen molar-refractivity contribution in [1.29, 1.82) is 5.26 Å². The Bertz CT molecular complexity index is 109. The van der Waals surface area contributed by atoms with E-state index in [1.807, 2.05) is 6.07 Å². The van der Waals surface area contributed by atoms with Crippen LogP contribution >= 0.6 is 0 Å². The van der Waals surface area contributed by atoms with Crippen molar-refractivity contribution in [3.05, 3.63) is 11.9 Å². The number of hydrogen-bond donors (Lipinski definition) is 2. The fourth-order valence-electron chi connectivity index (χ4n) is 0.177. The number of allylic oxidation sites excluding steroid dienone is 1. The molecule has 7 heavy (non-hydrogen) atoms. The van der Waals surface area contributed by atoms with Crippen molar-refractivity contribution in [1.82, 2.24) is 5.32 Å². The summed E-state index contributed by atoms with van der Waals surface area (Å²) in [5.41, 5.74) is 5.34. The number of rotatable bonds is 1. The van der Waals surface area contributed by atoms with Crippen LogP contribution in [0.25, 0.3) is 0 Å². The lowest BCUT2D eigenvalue weighted by molar-refractivity contribution is 1.03. The fourth-order valence-corrected chi connectivity index (χ4v) is 0.177. The van der Waals surface area contributed by atoms with Crippen molar-refractivity contribution >= 4 is 0 Å². The summed E-state index contributed by atoms with van der Waals surface area (Å²) < 4.78 is 0. The molecule has 0 saturated carbocycles. The zero-order valence-corrected chi connectivity index (χ0v) is 4.10. The van der Waals surface area contributed by atoms with Crippen LogP contribution in [0.1, 0.15) is 0 Å². The van der Waals surface area contributed by atoms with Gasteiger partial charge in [0.2, 0.25) is 0 Å². The average Bonchev–Trinajstić information content (AvgIpc) is 1.72. The Hall–Kier alpha value is -1.17. The highest BCUT2D eigenvalue weighted by atomic mass is 14.8. The van der Waals surface area contributed by atoms with Gasteiger partial charge in [0.15, 0.2) is 0 Å². The summed E-state index contributed by atoms with van der Waals surface area (Å²) >= 11 is 0. The minimum atomic E-state index is 0.389. The van der Waals surface area contributed by atoms with Gasteiger partial charge in [0.05, 0.1) is 0 Å². The molecule has 0 fully saturated rings. The van der Waals surface area contributed by atoms with Gasteiger partial charge < -0.3 is 11.1 Å². The van der Waals surface area contributed by atoms with Gasteiger partial charge in [-0.3, -0.25) is 0 Å². The third kappa shape index (κ3) is 1.66. The number of hydrogen-bond acceptors (Lipinski definition) is 3. The summed E-state index contributed by atoms with van der Waals surface area (Å²) in [7, 11) is 1.64. The highest BCUT2D eigenvalue weighted by Crippen LogP contribution is 1.74. The van der Waals surface area contributed by atoms with Crippen molar-refractivity contribution in [2.75, 3.05) is 7.05 Å². The molecule has 0 spiro atoms. The molecule has 0 bridgehead atoms. The molecule has 0 amide bonds.